The number of fused-ring (bicyclic) bond motifs is 1. The van der Waals surface area contributed by atoms with Crippen molar-refractivity contribution in [1.82, 2.24) is 18.7 Å². The second-order valence-electron chi connectivity index (χ2n) is 4.73. The van der Waals surface area contributed by atoms with Gasteiger partial charge in [-0.05, 0) is 6.92 Å². The SMILES string of the molecule is CCOC(=O)CCSc1nc2c(c(=O)n(C)c(=O)n2C)n1C. The smallest absolute Gasteiger partial charge is 0.332 e. The zero-order chi connectivity index (χ0) is 16.4. The molecule has 0 atom stereocenters. The largest absolute Gasteiger partial charge is 0.466 e. The molecule has 0 N–H and O–H groups in total. The second kappa shape index (κ2) is 6.39. The van der Waals surface area contributed by atoms with Gasteiger partial charge in [0.25, 0.3) is 5.56 Å². The van der Waals surface area contributed by atoms with Crippen LogP contribution in [0.15, 0.2) is 14.7 Å². The minimum Gasteiger partial charge on any atom is -0.466 e. The topological polar surface area (TPSA) is 88.1 Å². The molecule has 22 heavy (non-hydrogen) atoms. The van der Waals surface area contributed by atoms with Gasteiger partial charge in [-0.2, -0.15) is 0 Å². The monoisotopic (exact) mass is 326 g/mol. The predicted molar refractivity (Wildman–Crippen MR) is 83.2 cm³/mol. The van der Waals surface area contributed by atoms with E-state index in [1.165, 1.54) is 23.4 Å². The number of carbonyl (C=O) groups excluding carboxylic acids is 1. The van der Waals surface area contributed by atoms with Gasteiger partial charge < -0.3 is 9.30 Å². The minimum absolute atomic E-state index is 0.263. The molecule has 0 radical (unpaired) electrons. The third-order valence-electron chi connectivity index (χ3n) is 3.28. The van der Waals surface area contributed by atoms with E-state index in [0.717, 1.165) is 4.57 Å². The number of esters is 1. The van der Waals surface area contributed by atoms with Crippen LogP contribution in [0, 0.1) is 0 Å². The Hall–Kier alpha value is -2.03. The summed E-state index contributed by atoms with van der Waals surface area (Å²) in [5, 5.41) is 0.581. The molecule has 8 nitrogen and oxygen atoms in total. The fourth-order valence-electron chi connectivity index (χ4n) is 2.09. The fraction of sp³-hybridized carbons (Fsp3) is 0.538. The summed E-state index contributed by atoms with van der Waals surface area (Å²) in [5.74, 6) is 0.224. The molecule has 0 fully saturated rings. The minimum atomic E-state index is -0.418. The molecular weight excluding hydrogens is 308 g/mol. The molecule has 0 aliphatic rings. The Kier molecular flexibility index (Phi) is 4.74. The second-order valence-corrected chi connectivity index (χ2v) is 5.80. The molecular formula is C13H18N4O4S. The van der Waals surface area contributed by atoms with Crippen molar-refractivity contribution < 1.29 is 9.53 Å². The van der Waals surface area contributed by atoms with Gasteiger partial charge in [-0.15, -0.1) is 0 Å². The number of hydrogen-bond acceptors (Lipinski definition) is 6. The van der Waals surface area contributed by atoms with Crippen LogP contribution in [0.2, 0.25) is 0 Å². The molecule has 0 aliphatic heterocycles. The average Bonchev–Trinajstić information content (AvgIpc) is 2.81. The van der Waals surface area contributed by atoms with E-state index >= 15 is 0 Å². The van der Waals surface area contributed by atoms with E-state index in [1.807, 2.05) is 0 Å². The van der Waals surface area contributed by atoms with Crippen molar-refractivity contribution in [2.24, 2.45) is 21.1 Å². The number of thioether (sulfide) groups is 1. The van der Waals surface area contributed by atoms with Crippen molar-refractivity contribution >= 4 is 28.9 Å². The number of imidazole rings is 1. The van der Waals surface area contributed by atoms with Gasteiger partial charge in [0.2, 0.25) is 0 Å². The normalized spacial score (nSPS) is 11.1. The standard InChI is InChI=1S/C13H18N4O4S/c1-5-21-8(18)6-7-22-12-14-10-9(15(12)2)11(19)17(4)13(20)16(10)3/h5-7H2,1-4H3. The first-order valence-electron chi connectivity index (χ1n) is 6.79. The van der Waals surface area contributed by atoms with Gasteiger partial charge in [0, 0.05) is 26.9 Å². The number of aromatic nitrogens is 4. The van der Waals surface area contributed by atoms with Crippen LogP contribution in [-0.2, 0) is 30.7 Å². The third-order valence-corrected chi connectivity index (χ3v) is 4.31. The van der Waals surface area contributed by atoms with Gasteiger partial charge in [-0.1, -0.05) is 11.8 Å². The molecule has 9 heteroatoms. The Morgan fingerprint density at radius 1 is 1.18 bits per heavy atom. The molecule has 0 spiro atoms. The highest BCUT2D eigenvalue weighted by molar-refractivity contribution is 7.99. The molecule has 0 saturated carbocycles. The maximum Gasteiger partial charge on any atom is 0.332 e. The van der Waals surface area contributed by atoms with E-state index in [9.17, 15) is 14.4 Å². The highest BCUT2D eigenvalue weighted by atomic mass is 32.2. The van der Waals surface area contributed by atoms with Crippen molar-refractivity contribution in [3.05, 3.63) is 20.8 Å². The van der Waals surface area contributed by atoms with Crippen LogP contribution in [0.1, 0.15) is 13.3 Å². The van der Waals surface area contributed by atoms with E-state index < -0.39 is 5.69 Å². The summed E-state index contributed by atoms with van der Waals surface area (Å²) in [7, 11) is 4.72. The summed E-state index contributed by atoms with van der Waals surface area (Å²) < 4.78 is 8.90. The quantitative estimate of drug-likeness (QED) is 0.568. The lowest BCUT2D eigenvalue weighted by Crippen LogP contribution is -2.37. The number of nitrogens with zero attached hydrogens (tertiary/aromatic N) is 4. The zero-order valence-electron chi connectivity index (χ0n) is 13.0. The molecule has 2 rings (SSSR count). The van der Waals surface area contributed by atoms with Crippen molar-refractivity contribution in [3.63, 3.8) is 0 Å². The lowest BCUT2D eigenvalue weighted by Gasteiger charge is -2.03. The molecule has 0 aliphatic carbocycles. The highest BCUT2D eigenvalue weighted by Gasteiger charge is 2.17. The van der Waals surface area contributed by atoms with Crippen molar-refractivity contribution in [1.29, 1.82) is 0 Å². The number of hydrogen-bond donors (Lipinski definition) is 0. The first-order valence-corrected chi connectivity index (χ1v) is 7.77. The van der Waals surface area contributed by atoms with Crippen molar-refractivity contribution in [2.45, 2.75) is 18.5 Å². The predicted octanol–water partition coefficient (Wildman–Crippen LogP) is 0.0160. The summed E-state index contributed by atoms with van der Waals surface area (Å²) in [6.45, 7) is 2.11. The Morgan fingerprint density at radius 3 is 2.50 bits per heavy atom. The van der Waals surface area contributed by atoms with Crippen LogP contribution >= 0.6 is 11.8 Å². The lowest BCUT2D eigenvalue weighted by molar-refractivity contribution is -0.142. The van der Waals surface area contributed by atoms with Gasteiger partial charge in [0.15, 0.2) is 16.3 Å². The highest BCUT2D eigenvalue weighted by Crippen LogP contribution is 2.20. The van der Waals surface area contributed by atoms with Gasteiger partial charge in [-0.3, -0.25) is 18.7 Å². The van der Waals surface area contributed by atoms with Crippen LogP contribution in [0.4, 0.5) is 0 Å². The number of aryl methyl sites for hydroxylation is 2. The number of ether oxygens (including phenoxy) is 1. The van der Waals surface area contributed by atoms with Gasteiger partial charge >= 0.3 is 11.7 Å². The Morgan fingerprint density at radius 2 is 1.86 bits per heavy atom. The van der Waals surface area contributed by atoms with E-state index in [1.54, 1.807) is 25.6 Å². The Balaban J connectivity index is 2.34. The average molecular weight is 326 g/mol. The molecule has 0 unspecified atom stereocenters. The molecule has 0 bridgehead atoms. The Bertz CT molecular complexity index is 833. The molecule has 2 aromatic heterocycles. The van der Waals surface area contributed by atoms with Gasteiger partial charge in [-0.25, -0.2) is 9.78 Å². The molecule has 0 amide bonds. The summed E-state index contributed by atoms with van der Waals surface area (Å²) in [5.41, 5.74) is -0.0958. The van der Waals surface area contributed by atoms with E-state index in [2.05, 4.69) is 4.98 Å². The molecule has 120 valence electrons. The van der Waals surface area contributed by atoms with Crippen LogP contribution in [-0.4, -0.2) is 37.0 Å². The van der Waals surface area contributed by atoms with E-state index in [-0.39, 0.29) is 17.9 Å². The summed E-state index contributed by atoms with van der Waals surface area (Å²) in [4.78, 5) is 39.8. The third kappa shape index (κ3) is 2.80. The van der Waals surface area contributed by atoms with Crippen LogP contribution < -0.4 is 11.2 Å². The van der Waals surface area contributed by atoms with E-state index in [4.69, 9.17) is 4.74 Å². The first-order chi connectivity index (χ1) is 10.4. The maximum atomic E-state index is 12.2. The maximum absolute atomic E-state index is 12.2. The van der Waals surface area contributed by atoms with Crippen molar-refractivity contribution in [2.75, 3.05) is 12.4 Å². The van der Waals surface area contributed by atoms with Gasteiger partial charge in [0.1, 0.15) is 0 Å². The zero-order valence-corrected chi connectivity index (χ0v) is 13.8. The number of rotatable bonds is 5. The summed E-state index contributed by atoms with van der Waals surface area (Å²) in [6.07, 6.45) is 0.263. The Labute approximate surface area is 130 Å². The lowest BCUT2D eigenvalue weighted by atomic mass is 10.5. The van der Waals surface area contributed by atoms with Crippen LogP contribution in [0.25, 0.3) is 11.2 Å². The number of carbonyl (C=O) groups is 1. The summed E-state index contributed by atoms with van der Waals surface area (Å²) >= 11 is 1.34. The molecule has 2 aromatic rings. The van der Waals surface area contributed by atoms with Gasteiger partial charge in [0.05, 0.1) is 13.0 Å². The molecule has 0 aromatic carbocycles. The molecule has 0 saturated heterocycles. The first kappa shape index (κ1) is 16.3. The molecule has 2 heterocycles. The van der Waals surface area contributed by atoms with Crippen LogP contribution in [0.5, 0.6) is 0 Å². The van der Waals surface area contributed by atoms with Crippen LogP contribution in [0.3, 0.4) is 0 Å². The van der Waals surface area contributed by atoms with E-state index in [0.29, 0.717) is 28.7 Å². The fourth-order valence-corrected chi connectivity index (χ4v) is 2.97. The summed E-state index contributed by atoms with van der Waals surface area (Å²) in [6, 6.07) is 0. The van der Waals surface area contributed by atoms with Crippen molar-refractivity contribution in [3.8, 4) is 0 Å².